The molecule has 1 aromatic carbocycles. The van der Waals surface area contributed by atoms with E-state index in [1.54, 1.807) is 0 Å². The number of para-hydroxylation sites is 1. The summed E-state index contributed by atoms with van der Waals surface area (Å²) in [5.74, 6) is 2.35. The molecule has 2 aliphatic rings. The smallest absolute Gasteiger partial charge is 0.126 e. The molecule has 1 saturated carbocycles. The first-order chi connectivity index (χ1) is 9.47. The molecule has 0 radical (unpaired) electrons. The first-order valence-electron chi connectivity index (χ1n) is 7.97. The molecule has 1 fully saturated rings. The highest BCUT2D eigenvalue weighted by atomic mass is 16.5. The first kappa shape index (κ1) is 13.9. The van der Waals surface area contributed by atoms with Crippen molar-refractivity contribution in [2.45, 2.75) is 58.4 Å². The van der Waals surface area contributed by atoms with Crippen LogP contribution in [-0.4, -0.2) is 12.6 Å². The maximum Gasteiger partial charge on any atom is 0.126 e. The standard InChI is InChI=1S/C18H27NO/c1-18(2,3)13-7-8-16(19)15(11-13)14-6-4-5-12-9-10-20-17(12)14/h4-6,13,15-16H,7-11,19H2,1-3H3. The van der Waals surface area contributed by atoms with Crippen molar-refractivity contribution < 1.29 is 4.74 Å². The van der Waals surface area contributed by atoms with Crippen LogP contribution < -0.4 is 10.5 Å². The summed E-state index contributed by atoms with van der Waals surface area (Å²) in [6, 6.07) is 6.89. The molecular formula is C18H27NO. The van der Waals surface area contributed by atoms with Crippen molar-refractivity contribution in [2.75, 3.05) is 6.61 Å². The van der Waals surface area contributed by atoms with Crippen LogP contribution in [0.25, 0.3) is 0 Å². The van der Waals surface area contributed by atoms with Gasteiger partial charge in [-0.2, -0.15) is 0 Å². The second-order valence-electron chi connectivity index (χ2n) is 7.58. The lowest BCUT2D eigenvalue weighted by molar-refractivity contribution is 0.152. The van der Waals surface area contributed by atoms with Gasteiger partial charge in [-0.15, -0.1) is 0 Å². The van der Waals surface area contributed by atoms with Crippen LogP contribution in [0.2, 0.25) is 0 Å². The normalized spacial score (nSPS) is 29.9. The fourth-order valence-corrected chi connectivity index (χ4v) is 3.87. The summed E-state index contributed by atoms with van der Waals surface area (Å²) in [6.07, 6.45) is 4.64. The van der Waals surface area contributed by atoms with E-state index in [1.165, 1.54) is 24.0 Å². The molecule has 1 heterocycles. The highest BCUT2D eigenvalue weighted by Gasteiger charge is 2.36. The summed E-state index contributed by atoms with van der Waals surface area (Å²) in [7, 11) is 0. The first-order valence-corrected chi connectivity index (χ1v) is 7.97. The molecule has 3 rings (SSSR count). The van der Waals surface area contributed by atoms with Crippen LogP contribution in [0.1, 0.15) is 57.1 Å². The highest BCUT2D eigenvalue weighted by Crippen LogP contribution is 2.46. The molecule has 1 aliphatic carbocycles. The van der Waals surface area contributed by atoms with Gasteiger partial charge in [-0.05, 0) is 41.7 Å². The quantitative estimate of drug-likeness (QED) is 0.843. The van der Waals surface area contributed by atoms with Crippen molar-refractivity contribution >= 4 is 0 Å². The summed E-state index contributed by atoms with van der Waals surface area (Å²) in [5.41, 5.74) is 9.56. The minimum atomic E-state index is 0.282. The number of nitrogens with two attached hydrogens (primary N) is 1. The van der Waals surface area contributed by atoms with E-state index in [-0.39, 0.29) is 6.04 Å². The van der Waals surface area contributed by atoms with E-state index in [1.807, 2.05) is 0 Å². The Bertz CT molecular complexity index is 489. The Morgan fingerprint density at radius 1 is 1.20 bits per heavy atom. The van der Waals surface area contributed by atoms with Gasteiger partial charge in [-0.25, -0.2) is 0 Å². The van der Waals surface area contributed by atoms with Crippen LogP contribution in [0.4, 0.5) is 0 Å². The third-order valence-corrected chi connectivity index (χ3v) is 5.27. The number of hydrogen-bond donors (Lipinski definition) is 1. The van der Waals surface area contributed by atoms with Gasteiger partial charge in [-0.1, -0.05) is 39.0 Å². The topological polar surface area (TPSA) is 35.2 Å². The highest BCUT2D eigenvalue weighted by molar-refractivity contribution is 5.46. The maximum atomic E-state index is 6.46. The zero-order valence-electron chi connectivity index (χ0n) is 13.0. The zero-order chi connectivity index (χ0) is 14.3. The largest absolute Gasteiger partial charge is 0.493 e. The molecule has 3 unspecified atom stereocenters. The van der Waals surface area contributed by atoms with Crippen molar-refractivity contribution in [3.05, 3.63) is 29.3 Å². The van der Waals surface area contributed by atoms with Crippen molar-refractivity contribution in [1.29, 1.82) is 0 Å². The average Bonchev–Trinajstić information content (AvgIpc) is 2.86. The fourth-order valence-electron chi connectivity index (χ4n) is 3.87. The molecule has 0 aromatic heterocycles. The Kier molecular flexibility index (Phi) is 3.53. The summed E-state index contributed by atoms with van der Waals surface area (Å²) in [4.78, 5) is 0. The van der Waals surface area contributed by atoms with E-state index in [0.29, 0.717) is 11.3 Å². The fraction of sp³-hybridized carbons (Fsp3) is 0.667. The monoisotopic (exact) mass is 273 g/mol. The van der Waals surface area contributed by atoms with Crippen LogP contribution in [0.5, 0.6) is 5.75 Å². The van der Waals surface area contributed by atoms with Gasteiger partial charge in [0.15, 0.2) is 0 Å². The summed E-state index contributed by atoms with van der Waals surface area (Å²) < 4.78 is 5.90. The molecule has 0 spiro atoms. The van der Waals surface area contributed by atoms with Gasteiger partial charge < -0.3 is 10.5 Å². The molecule has 110 valence electrons. The van der Waals surface area contributed by atoms with E-state index in [4.69, 9.17) is 10.5 Å². The number of hydrogen-bond acceptors (Lipinski definition) is 2. The molecule has 1 aliphatic heterocycles. The molecule has 20 heavy (non-hydrogen) atoms. The lowest BCUT2D eigenvalue weighted by atomic mass is 9.66. The third-order valence-electron chi connectivity index (χ3n) is 5.27. The molecule has 2 heteroatoms. The molecule has 0 amide bonds. The number of fused-ring (bicyclic) bond motifs is 1. The number of ether oxygens (including phenoxy) is 1. The van der Waals surface area contributed by atoms with Crippen LogP contribution in [0.15, 0.2) is 18.2 Å². The Morgan fingerprint density at radius 3 is 2.75 bits per heavy atom. The number of benzene rings is 1. The molecule has 3 atom stereocenters. The van der Waals surface area contributed by atoms with E-state index in [9.17, 15) is 0 Å². The molecule has 2 N–H and O–H groups in total. The van der Waals surface area contributed by atoms with Crippen LogP contribution in [0, 0.1) is 11.3 Å². The van der Waals surface area contributed by atoms with Gasteiger partial charge in [0.2, 0.25) is 0 Å². The van der Waals surface area contributed by atoms with E-state index in [2.05, 4.69) is 39.0 Å². The van der Waals surface area contributed by atoms with Gasteiger partial charge >= 0.3 is 0 Å². The van der Waals surface area contributed by atoms with Crippen LogP contribution in [0.3, 0.4) is 0 Å². The molecule has 0 saturated heterocycles. The lowest BCUT2D eigenvalue weighted by Crippen LogP contribution is -2.38. The molecule has 2 nitrogen and oxygen atoms in total. The predicted octanol–water partition coefficient (Wildman–Crippen LogP) is 3.88. The van der Waals surface area contributed by atoms with Gasteiger partial charge in [0, 0.05) is 18.4 Å². The van der Waals surface area contributed by atoms with Crippen molar-refractivity contribution in [3.63, 3.8) is 0 Å². The summed E-state index contributed by atoms with van der Waals surface area (Å²) >= 11 is 0. The van der Waals surface area contributed by atoms with Gasteiger partial charge in [0.05, 0.1) is 6.61 Å². The van der Waals surface area contributed by atoms with Crippen LogP contribution in [-0.2, 0) is 6.42 Å². The Hall–Kier alpha value is -1.02. The zero-order valence-corrected chi connectivity index (χ0v) is 13.0. The lowest BCUT2D eigenvalue weighted by Gasteiger charge is -2.41. The van der Waals surface area contributed by atoms with Crippen LogP contribution >= 0.6 is 0 Å². The van der Waals surface area contributed by atoms with Crippen molar-refractivity contribution in [2.24, 2.45) is 17.1 Å². The maximum absolute atomic E-state index is 6.46. The predicted molar refractivity (Wildman–Crippen MR) is 83.2 cm³/mol. The third kappa shape index (κ3) is 2.46. The van der Waals surface area contributed by atoms with E-state index < -0.39 is 0 Å². The van der Waals surface area contributed by atoms with Crippen molar-refractivity contribution in [3.8, 4) is 5.75 Å². The number of rotatable bonds is 1. The second-order valence-corrected chi connectivity index (χ2v) is 7.58. The Balaban J connectivity index is 1.90. The van der Waals surface area contributed by atoms with Crippen molar-refractivity contribution in [1.82, 2.24) is 0 Å². The second kappa shape index (κ2) is 5.07. The SMILES string of the molecule is CC(C)(C)C1CCC(N)C(c2cccc3c2OCC3)C1. The minimum Gasteiger partial charge on any atom is -0.493 e. The minimum absolute atomic E-state index is 0.282. The average molecular weight is 273 g/mol. The Morgan fingerprint density at radius 2 is 2.00 bits per heavy atom. The van der Waals surface area contributed by atoms with E-state index in [0.717, 1.165) is 31.1 Å². The van der Waals surface area contributed by atoms with E-state index >= 15 is 0 Å². The van der Waals surface area contributed by atoms with Gasteiger partial charge in [0.25, 0.3) is 0 Å². The van der Waals surface area contributed by atoms with Gasteiger partial charge in [0.1, 0.15) is 5.75 Å². The summed E-state index contributed by atoms with van der Waals surface area (Å²) in [5, 5.41) is 0. The summed E-state index contributed by atoms with van der Waals surface area (Å²) in [6.45, 7) is 7.91. The molecule has 0 bridgehead atoms. The molecule has 1 aromatic rings. The van der Waals surface area contributed by atoms with Gasteiger partial charge in [-0.3, -0.25) is 0 Å². The molecular weight excluding hydrogens is 246 g/mol. The Labute approximate surface area is 122 Å².